The van der Waals surface area contributed by atoms with Crippen molar-refractivity contribution in [3.8, 4) is 0 Å². The quantitative estimate of drug-likeness (QED) is 0.386. The predicted molar refractivity (Wildman–Crippen MR) is 59.5 cm³/mol. The van der Waals surface area contributed by atoms with Crippen molar-refractivity contribution in [2.24, 2.45) is 16.6 Å². The highest BCUT2D eigenvalue weighted by atomic mass is 16.5. The zero-order valence-electron chi connectivity index (χ0n) is 9.33. The summed E-state index contributed by atoms with van der Waals surface area (Å²) in [6.45, 7) is 5.83. The van der Waals surface area contributed by atoms with E-state index in [0.29, 0.717) is 12.0 Å². The molecule has 3 nitrogen and oxygen atoms in total. The third-order valence-corrected chi connectivity index (χ3v) is 2.29. The lowest BCUT2D eigenvalue weighted by Crippen LogP contribution is -2.14. The van der Waals surface area contributed by atoms with Gasteiger partial charge in [0.05, 0.1) is 11.9 Å². The van der Waals surface area contributed by atoms with Gasteiger partial charge in [0, 0.05) is 19.1 Å². The zero-order chi connectivity index (χ0) is 10.4. The molecule has 1 saturated carbocycles. The molecule has 0 aromatic heterocycles. The van der Waals surface area contributed by atoms with Crippen molar-refractivity contribution in [1.82, 2.24) is 0 Å². The maximum atomic E-state index is 5.76. The summed E-state index contributed by atoms with van der Waals surface area (Å²) in [5.74, 6) is 1.48. The van der Waals surface area contributed by atoms with E-state index in [1.54, 1.807) is 0 Å². The molecule has 82 valence electrons. The highest BCUT2D eigenvalue weighted by molar-refractivity contribution is 5.84. The molecule has 0 aliphatic heterocycles. The Morgan fingerprint density at radius 3 is 2.71 bits per heavy atom. The lowest BCUT2D eigenvalue weighted by Gasteiger charge is -2.05. The third-order valence-electron chi connectivity index (χ3n) is 2.29. The topological polar surface area (TPSA) is 47.6 Å². The molecule has 14 heavy (non-hydrogen) atoms. The molecule has 0 saturated heterocycles. The summed E-state index contributed by atoms with van der Waals surface area (Å²) in [7, 11) is 0. The normalized spacial score (nSPS) is 17.8. The maximum Gasteiger partial charge on any atom is 0.0968 e. The highest BCUT2D eigenvalue weighted by Gasteiger charge is 2.24. The Hall–Kier alpha value is -0.570. The molecule has 2 N–H and O–H groups in total. The number of unbranched alkanes of at least 4 members (excludes halogenated alkanes) is 1. The third kappa shape index (κ3) is 5.22. The Morgan fingerprint density at radius 2 is 2.14 bits per heavy atom. The van der Waals surface area contributed by atoms with E-state index in [2.05, 4.69) is 18.8 Å². The van der Waals surface area contributed by atoms with E-state index in [4.69, 9.17) is 10.5 Å². The largest absolute Gasteiger partial charge is 0.387 e. The summed E-state index contributed by atoms with van der Waals surface area (Å²) in [5.41, 5.74) is 5.76. The average molecular weight is 198 g/mol. The second-order valence-electron chi connectivity index (χ2n) is 4.21. The van der Waals surface area contributed by atoms with Crippen LogP contribution in [-0.2, 0) is 4.74 Å². The van der Waals surface area contributed by atoms with Crippen LogP contribution < -0.4 is 5.73 Å². The summed E-state index contributed by atoms with van der Waals surface area (Å²) in [4.78, 5) is 4.34. The minimum atomic E-state index is 0.343. The molecule has 0 radical (unpaired) electrons. The number of amidine groups is 1. The highest BCUT2D eigenvalue weighted by Crippen LogP contribution is 2.28. The van der Waals surface area contributed by atoms with E-state index in [-0.39, 0.29) is 0 Å². The van der Waals surface area contributed by atoms with Gasteiger partial charge in [-0.2, -0.15) is 0 Å². The number of hydrogen-bond acceptors (Lipinski definition) is 2. The minimum absolute atomic E-state index is 0.343. The van der Waals surface area contributed by atoms with Crippen LogP contribution >= 0.6 is 0 Å². The lowest BCUT2D eigenvalue weighted by molar-refractivity contribution is 0.0764. The molecule has 0 bridgehead atoms. The SMILES string of the molecule is CC(C)OCCCCN=C(N)C1CC1. The number of nitrogens with zero attached hydrogens (tertiary/aromatic N) is 1. The first-order valence-electron chi connectivity index (χ1n) is 5.61. The molecule has 0 amide bonds. The fourth-order valence-corrected chi connectivity index (χ4v) is 1.25. The molecule has 1 aliphatic rings. The van der Waals surface area contributed by atoms with Gasteiger partial charge in [0.15, 0.2) is 0 Å². The van der Waals surface area contributed by atoms with Gasteiger partial charge in [0.25, 0.3) is 0 Å². The van der Waals surface area contributed by atoms with E-state index in [0.717, 1.165) is 31.8 Å². The molecule has 0 aromatic rings. The van der Waals surface area contributed by atoms with Gasteiger partial charge in [-0.1, -0.05) is 0 Å². The molecule has 3 heteroatoms. The first-order valence-corrected chi connectivity index (χ1v) is 5.61. The number of aliphatic imine (C=N–C) groups is 1. The lowest BCUT2D eigenvalue weighted by atomic mass is 10.3. The first-order chi connectivity index (χ1) is 6.70. The van der Waals surface area contributed by atoms with Crippen LogP contribution in [0.3, 0.4) is 0 Å². The van der Waals surface area contributed by atoms with Crippen molar-refractivity contribution in [2.45, 2.75) is 45.6 Å². The molecule has 0 heterocycles. The standard InChI is InChI=1S/C11H22N2O/c1-9(2)14-8-4-3-7-13-11(12)10-5-6-10/h9-10H,3-8H2,1-2H3,(H2,12,13). The van der Waals surface area contributed by atoms with Crippen LogP contribution in [-0.4, -0.2) is 25.1 Å². The van der Waals surface area contributed by atoms with Crippen molar-refractivity contribution >= 4 is 5.84 Å². The van der Waals surface area contributed by atoms with Gasteiger partial charge >= 0.3 is 0 Å². The number of ether oxygens (including phenoxy) is 1. The minimum Gasteiger partial charge on any atom is -0.387 e. The molecule has 0 atom stereocenters. The van der Waals surface area contributed by atoms with Crippen molar-refractivity contribution in [2.75, 3.05) is 13.2 Å². The van der Waals surface area contributed by atoms with Crippen LogP contribution in [0.5, 0.6) is 0 Å². The maximum absolute atomic E-state index is 5.76. The van der Waals surface area contributed by atoms with Crippen molar-refractivity contribution in [3.05, 3.63) is 0 Å². The summed E-state index contributed by atoms with van der Waals surface area (Å²) in [6.07, 6.45) is 4.99. The van der Waals surface area contributed by atoms with Crippen LogP contribution in [0.1, 0.15) is 39.5 Å². The van der Waals surface area contributed by atoms with E-state index in [1.165, 1.54) is 12.8 Å². The van der Waals surface area contributed by atoms with E-state index >= 15 is 0 Å². The van der Waals surface area contributed by atoms with Crippen LogP contribution in [0, 0.1) is 5.92 Å². The molecular formula is C11H22N2O. The number of rotatable bonds is 7. The second kappa shape index (κ2) is 6.02. The van der Waals surface area contributed by atoms with Crippen LogP contribution in [0.2, 0.25) is 0 Å². The van der Waals surface area contributed by atoms with Gasteiger partial charge in [0.2, 0.25) is 0 Å². The summed E-state index contributed by atoms with van der Waals surface area (Å²) >= 11 is 0. The molecule has 1 rings (SSSR count). The molecule has 1 aliphatic carbocycles. The van der Waals surface area contributed by atoms with E-state index < -0.39 is 0 Å². The Labute approximate surface area is 86.7 Å². The zero-order valence-corrected chi connectivity index (χ0v) is 9.33. The van der Waals surface area contributed by atoms with Crippen LogP contribution in [0.15, 0.2) is 4.99 Å². The van der Waals surface area contributed by atoms with E-state index in [9.17, 15) is 0 Å². The van der Waals surface area contributed by atoms with Crippen molar-refractivity contribution < 1.29 is 4.74 Å². The monoisotopic (exact) mass is 198 g/mol. The molecule has 0 unspecified atom stereocenters. The van der Waals surface area contributed by atoms with Gasteiger partial charge in [-0.15, -0.1) is 0 Å². The Balaban J connectivity index is 1.90. The summed E-state index contributed by atoms with van der Waals surface area (Å²) in [5, 5.41) is 0. The fourth-order valence-electron chi connectivity index (χ4n) is 1.25. The number of hydrogen-bond donors (Lipinski definition) is 1. The Morgan fingerprint density at radius 1 is 1.43 bits per heavy atom. The van der Waals surface area contributed by atoms with Crippen molar-refractivity contribution in [3.63, 3.8) is 0 Å². The smallest absolute Gasteiger partial charge is 0.0968 e. The van der Waals surface area contributed by atoms with Crippen LogP contribution in [0.25, 0.3) is 0 Å². The van der Waals surface area contributed by atoms with Crippen molar-refractivity contribution in [1.29, 1.82) is 0 Å². The molecule has 0 aromatic carbocycles. The molecule has 0 spiro atoms. The van der Waals surface area contributed by atoms with Gasteiger partial charge in [-0.05, 0) is 39.5 Å². The predicted octanol–water partition coefficient (Wildman–Crippen LogP) is 1.96. The van der Waals surface area contributed by atoms with Gasteiger partial charge in [-0.3, -0.25) is 4.99 Å². The number of nitrogens with two attached hydrogens (primary N) is 1. The van der Waals surface area contributed by atoms with E-state index in [1.807, 2.05) is 0 Å². The van der Waals surface area contributed by atoms with Gasteiger partial charge in [0.1, 0.15) is 0 Å². The molecular weight excluding hydrogens is 176 g/mol. The van der Waals surface area contributed by atoms with Crippen LogP contribution in [0.4, 0.5) is 0 Å². The summed E-state index contributed by atoms with van der Waals surface area (Å²) in [6, 6.07) is 0. The average Bonchev–Trinajstić information content (AvgIpc) is 2.92. The molecule has 1 fully saturated rings. The summed E-state index contributed by atoms with van der Waals surface area (Å²) < 4.78 is 5.43. The first kappa shape index (κ1) is 11.5. The Bertz CT molecular complexity index is 186. The fraction of sp³-hybridized carbons (Fsp3) is 0.909. The second-order valence-corrected chi connectivity index (χ2v) is 4.21. The Kier molecular flexibility index (Phi) is 4.94. The van der Waals surface area contributed by atoms with Gasteiger partial charge in [-0.25, -0.2) is 0 Å². The van der Waals surface area contributed by atoms with Gasteiger partial charge < -0.3 is 10.5 Å².